The minimum Gasteiger partial charge on any atom is -0.468 e. The van der Waals surface area contributed by atoms with E-state index >= 15 is 0 Å². The lowest BCUT2D eigenvalue weighted by molar-refractivity contribution is -0.139. The number of nitrogens with zero attached hydrogens (tertiary/aromatic N) is 1. The molecule has 1 fully saturated rings. The third-order valence-corrected chi connectivity index (χ3v) is 6.18. The Morgan fingerprint density at radius 3 is 2.69 bits per heavy atom. The van der Waals surface area contributed by atoms with E-state index in [4.69, 9.17) is 13.8 Å². The average Bonchev–Trinajstić information content (AvgIpc) is 3.13. The summed E-state index contributed by atoms with van der Waals surface area (Å²) in [5.41, 5.74) is -1.13. The summed E-state index contributed by atoms with van der Waals surface area (Å²) in [6.45, 7) is 1.21. The lowest BCUT2D eigenvalue weighted by Gasteiger charge is -2.21. The Kier molecular flexibility index (Phi) is 7.62. The number of carbonyl (C=O) groups excluding carboxylic acids is 1. The van der Waals surface area contributed by atoms with E-state index in [0.717, 1.165) is 12.1 Å². The van der Waals surface area contributed by atoms with Gasteiger partial charge < -0.3 is 14.0 Å². The van der Waals surface area contributed by atoms with Gasteiger partial charge in [0.05, 0.1) is 19.8 Å². The molecule has 2 aromatic rings. The second-order valence-electron chi connectivity index (χ2n) is 7.13. The molecular formula is C19H23FN3O8P. The van der Waals surface area contributed by atoms with Gasteiger partial charge in [-0.3, -0.25) is 23.7 Å². The fourth-order valence-corrected chi connectivity index (χ4v) is 4.44. The van der Waals surface area contributed by atoms with Crippen LogP contribution < -0.4 is 20.9 Å². The normalized spacial score (nSPS) is 22.3. The molecular weight excluding hydrogens is 448 g/mol. The zero-order valence-corrected chi connectivity index (χ0v) is 18.3. The number of ether oxygens (including phenoxy) is 2. The van der Waals surface area contributed by atoms with Gasteiger partial charge in [-0.1, -0.05) is 6.92 Å². The van der Waals surface area contributed by atoms with E-state index in [9.17, 15) is 23.3 Å². The molecule has 0 aliphatic carbocycles. The summed E-state index contributed by atoms with van der Waals surface area (Å²) in [5, 5.41) is 2.40. The minimum absolute atomic E-state index is 0.0606. The van der Waals surface area contributed by atoms with Gasteiger partial charge >= 0.3 is 19.4 Å². The highest BCUT2D eigenvalue weighted by atomic mass is 31.2. The van der Waals surface area contributed by atoms with Gasteiger partial charge in [0.15, 0.2) is 0 Å². The van der Waals surface area contributed by atoms with Crippen molar-refractivity contribution in [3.05, 3.63) is 63.2 Å². The Hall–Kier alpha value is -2.79. The van der Waals surface area contributed by atoms with Gasteiger partial charge in [0.25, 0.3) is 5.56 Å². The predicted molar refractivity (Wildman–Crippen MR) is 110 cm³/mol. The van der Waals surface area contributed by atoms with Crippen molar-refractivity contribution in [1.29, 1.82) is 0 Å². The molecule has 0 radical (unpaired) electrons. The van der Waals surface area contributed by atoms with Crippen LogP contribution in [-0.4, -0.2) is 41.9 Å². The Morgan fingerprint density at radius 2 is 2.03 bits per heavy atom. The van der Waals surface area contributed by atoms with Crippen LogP contribution in [0.5, 0.6) is 5.75 Å². The standard InChI is InChI=1S/C19H23FN3O8P/c1-12-9-15(30-18(12)23-8-7-16(24)22-19(23)26)11-29-32(27,21-10-17(25)28-2)31-14-5-3-13(20)4-6-14/h3-8,12,15,18H,9-11H2,1-2H3,(H,21,27)(H,22,24,26). The number of nitrogens with one attached hydrogen (secondary N) is 2. The monoisotopic (exact) mass is 471 g/mol. The maximum atomic E-state index is 13.2. The quantitative estimate of drug-likeness (QED) is 0.412. The number of aromatic nitrogens is 2. The van der Waals surface area contributed by atoms with Crippen molar-refractivity contribution in [2.24, 2.45) is 5.92 Å². The Bertz CT molecular complexity index is 1100. The SMILES string of the molecule is COC(=O)CNP(=O)(OCC1CC(C)C(n2ccc(=O)[nH]c2=O)O1)Oc1ccc(F)cc1. The first-order valence-electron chi connectivity index (χ1n) is 9.68. The zero-order chi connectivity index (χ0) is 23.3. The molecule has 2 N–H and O–H groups in total. The fraction of sp³-hybridized carbons (Fsp3) is 0.421. The van der Waals surface area contributed by atoms with Crippen LogP contribution in [-0.2, 0) is 23.4 Å². The molecule has 1 aromatic carbocycles. The lowest BCUT2D eigenvalue weighted by atomic mass is 10.1. The highest BCUT2D eigenvalue weighted by Crippen LogP contribution is 2.45. The van der Waals surface area contributed by atoms with Crippen LogP contribution in [0.3, 0.4) is 0 Å². The van der Waals surface area contributed by atoms with Gasteiger partial charge in [-0.15, -0.1) is 0 Å². The summed E-state index contributed by atoms with van der Waals surface area (Å²) < 4.78 is 48.8. The molecule has 4 atom stereocenters. The molecule has 1 aliphatic heterocycles. The minimum atomic E-state index is -4.07. The van der Waals surface area contributed by atoms with Gasteiger partial charge in [0.1, 0.15) is 24.3 Å². The summed E-state index contributed by atoms with van der Waals surface area (Å²) in [7, 11) is -2.90. The first kappa shape index (κ1) is 23.9. The topological polar surface area (TPSA) is 138 Å². The van der Waals surface area contributed by atoms with Crippen molar-refractivity contribution in [2.45, 2.75) is 25.7 Å². The molecule has 32 heavy (non-hydrogen) atoms. The van der Waals surface area contributed by atoms with Gasteiger partial charge in [-0.05, 0) is 30.7 Å². The summed E-state index contributed by atoms with van der Waals surface area (Å²) >= 11 is 0. The Balaban J connectivity index is 1.68. The second kappa shape index (κ2) is 10.2. The summed E-state index contributed by atoms with van der Waals surface area (Å²) in [5.74, 6) is -1.26. The molecule has 2 heterocycles. The highest BCUT2D eigenvalue weighted by molar-refractivity contribution is 7.52. The number of halogens is 1. The van der Waals surface area contributed by atoms with Crippen molar-refractivity contribution < 1.29 is 32.3 Å². The van der Waals surface area contributed by atoms with E-state index in [1.54, 1.807) is 0 Å². The van der Waals surface area contributed by atoms with Crippen LogP contribution in [0.1, 0.15) is 19.6 Å². The van der Waals surface area contributed by atoms with Crippen molar-refractivity contribution in [1.82, 2.24) is 14.6 Å². The van der Waals surface area contributed by atoms with Crippen LogP contribution in [0.15, 0.2) is 46.1 Å². The molecule has 0 saturated carbocycles. The number of H-pyrrole nitrogens is 1. The molecule has 0 amide bonds. The fourth-order valence-electron chi connectivity index (χ4n) is 3.15. The highest BCUT2D eigenvalue weighted by Gasteiger charge is 2.37. The van der Waals surface area contributed by atoms with Crippen LogP contribution >= 0.6 is 7.75 Å². The van der Waals surface area contributed by atoms with E-state index in [1.807, 2.05) is 6.92 Å². The molecule has 3 rings (SSSR count). The van der Waals surface area contributed by atoms with E-state index in [1.165, 1.54) is 36.1 Å². The Labute approximate surface area is 182 Å². The first-order chi connectivity index (χ1) is 15.2. The lowest BCUT2D eigenvalue weighted by Crippen LogP contribution is -2.33. The first-order valence-corrected chi connectivity index (χ1v) is 11.2. The molecule has 11 nitrogen and oxygen atoms in total. The third kappa shape index (κ3) is 6.13. The third-order valence-electron chi connectivity index (χ3n) is 4.69. The van der Waals surface area contributed by atoms with Gasteiger partial charge in [-0.25, -0.2) is 18.8 Å². The van der Waals surface area contributed by atoms with E-state index in [2.05, 4.69) is 14.8 Å². The van der Waals surface area contributed by atoms with Crippen molar-refractivity contribution in [3.8, 4) is 5.75 Å². The van der Waals surface area contributed by atoms with Crippen molar-refractivity contribution >= 4 is 13.7 Å². The summed E-state index contributed by atoms with van der Waals surface area (Å²) in [6.07, 6.45) is 0.586. The molecule has 1 aromatic heterocycles. The smallest absolute Gasteiger partial charge is 0.459 e. The average molecular weight is 471 g/mol. The molecule has 0 spiro atoms. The number of hydrogen-bond donors (Lipinski definition) is 2. The second-order valence-corrected chi connectivity index (χ2v) is 8.88. The molecule has 13 heteroatoms. The van der Waals surface area contributed by atoms with Gasteiger partial charge in [-0.2, -0.15) is 0 Å². The number of benzene rings is 1. The van der Waals surface area contributed by atoms with Crippen LogP contribution in [0.25, 0.3) is 0 Å². The van der Waals surface area contributed by atoms with E-state index in [-0.39, 0.29) is 18.3 Å². The van der Waals surface area contributed by atoms with Crippen molar-refractivity contribution in [2.75, 3.05) is 20.3 Å². The summed E-state index contributed by atoms with van der Waals surface area (Å²) in [4.78, 5) is 37.0. The molecule has 4 unspecified atom stereocenters. The van der Waals surface area contributed by atoms with Crippen molar-refractivity contribution in [3.63, 3.8) is 0 Å². The zero-order valence-electron chi connectivity index (χ0n) is 17.4. The predicted octanol–water partition coefficient (Wildman–Crippen LogP) is 1.57. The van der Waals surface area contributed by atoms with E-state index in [0.29, 0.717) is 6.42 Å². The number of esters is 1. The molecule has 174 valence electrons. The number of hydrogen-bond acceptors (Lipinski definition) is 8. The maximum absolute atomic E-state index is 13.2. The van der Waals surface area contributed by atoms with Gasteiger partial charge in [0.2, 0.25) is 0 Å². The van der Waals surface area contributed by atoms with E-state index < -0.39 is 49.7 Å². The number of aromatic amines is 1. The van der Waals surface area contributed by atoms with Crippen LogP contribution in [0.4, 0.5) is 4.39 Å². The van der Waals surface area contributed by atoms with Crippen LogP contribution in [0.2, 0.25) is 0 Å². The van der Waals surface area contributed by atoms with Crippen LogP contribution in [0, 0.1) is 11.7 Å². The summed E-state index contributed by atoms with van der Waals surface area (Å²) in [6, 6.07) is 5.97. The largest absolute Gasteiger partial charge is 0.468 e. The molecule has 0 bridgehead atoms. The number of rotatable bonds is 9. The molecule has 1 saturated heterocycles. The number of carbonyl (C=O) groups is 1. The Morgan fingerprint density at radius 1 is 1.31 bits per heavy atom. The molecule has 1 aliphatic rings. The number of methoxy groups -OCH3 is 1. The van der Waals surface area contributed by atoms with Gasteiger partial charge in [0, 0.05) is 18.2 Å². The maximum Gasteiger partial charge on any atom is 0.459 e.